The summed E-state index contributed by atoms with van der Waals surface area (Å²) in [5.41, 5.74) is -1.25. The summed E-state index contributed by atoms with van der Waals surface area (Å²) in [6, 6.07) is 4.36. The molecule has 2 saturated heterocycles. The molecule has 3 rings (SSSR count). The number of piperidine rings is 1. The summed E-state index contributed by atoms with van der Waals surface area (Å²) in [7, 11) is 0. The molecular formula is C27H40FN3O6. The number of piperazine rings is 1. The second-order valence-electron chi connectivity index (χ2n) is 11.1. The van der Waals surface area contributed by atoms with E-state index in [1.165, 1.54) is 12.1 Å². The van der Waals surface area contributed by atoms with Crippen molar-refractivity contribution in [1.82, 2.24) is 9.80 Å². The molecule has 2 fully saturated rings. The zero-order valence-corrected chi connectivity index (χ0v) is 22.8. The Morgan fingerprint density at radius 3 is 2.24 bits per heavy atom. The van der Waals surface area contributed by atoms with Gasteiger partial charge in [0.15, 0.2) is 5.60 Å². The molecular weight excluding hydrogens is 481 g/mol. The molecule has 0 unspecified atom stereocenters. The van der Waals surface area contributed by atoms with E-state index in [2.05, 4.69) is 0 Å². The molecule has 1 aromatic carbocycles. The molecule has 2 amide bonds. The van der Waals surface area contributed by atoms with Gasteiger partial charge in [-0.15, -0.1) is 0 Å². The smallest absolute Gasteiger partial charge is 0.410 e. The topological polar surface area (TPSA) is 88.6 Å². The zero-order chi connectivity index (χ0) is 27.4. The molecule has 2 aliphatic rings. The maximum atomic E-state index is 14.6. The van der Waals surface area contributed by atoms with Gasteiger partial charge in [0.1, 0.15) is 17.2 Å². The van der Waals surface area contributed by atoms with E-state index in [9.17, 15) is 18.8 Å². The van der Waals surface area contributed by atoms with Crippen LogP contribution in [-0.2, 0) is 19.1 Å². The normalized spacial score (nSPS) is 18.9. The van der Waals surface area contributed by atoms with Gasteiger partial charge in [0, 0.05) is 57.1 Å². The minimum absolute atomic E-state index is 0.235. The Labute approximate surface area is 218 Å². The highest BCUT2D eigenvalue weighted by Gasteiger charge is 2.37. The van der Waals surface area contributed by atoms with Crippen LogP contribution >= 0.6 is 0 Å². The third-order valence-electron chi connectivity index (χ3n) is 6.37. The number of halogens is 1. The standard InChI is InChI=1S/C27H40FN3O6/c1-7-35-23(32)19-9-8-10-31(18-19)21-15-20(28)16-22(17-21)36-27(5,6)24(33)29-11-13-30(14-12-29)25(34)37-26(2,3)4/h15-17,19H,7-14,18H2,1-6H3/t19-/m1/s1. The number of ether oxygens (including phenoxy) is 3. The third kappa shape index (κ3) is 7.72. The van der Waals surface area contributed by atoms with E-state index < -0.39 is 23.1 Å². The second kappa shape index (κ2) is 11.6. The monoisotopic (exact) mass is 521 g/mol. The van der Waals surface area contributed by atoms with Crippen molar-refractivity contribution in [2.75, 3.05) is 50.8 Å². The molecule has 206 valence electrons. The van der Waals surface area contributed by atoms with Crippen molar-refractivity contribution < 1.29 is 33.0 Å². The summed E-state index contributed by atoms with van der Waals surface area (Å²) in [6.45, 7) is 13.4. The first kappa shape index (κ1) is 28.5. The van der Waals surface area contributed by atoms with Crippen LogP contribution in [0.15, 0.2) is 18.2 Å². The van der Waals surface area contributed by atoms with Gasteiger partial charge >= 0.3 is 12.1 Å². The van der Waals surface area contributed by atoms with Crippen molar-refractivity contribution in [3.8, 4) is 5.75 Å². The average molecular weight is 522 g/mol. The van der Waals surface area contributed by atoms with E-state index in [0.29, 0.717) is 51.6 Å². The molecule has 0 saturated carbocycles. The van der Waals surface area contributed by atoms with Crippen LogP contribution in [0.25, 0.3) is 0 Å². The van der Waals surface area contributed by atoms with Gasteiger partial charge in [-0.1, -0.05) is 0 Å². The fourth-order valence-electron chi connectivity index (χ4n) is 4.59. The Morgan fingerprint density at radius 2 is 1.62 bits per heavy atom. The minimum atomic E-state index is -1.26. The molecule has 2 heterocycles. The first-order valence-electron chi connectivity index (χ1n) is 13.0. The summed E-state index contributed by atoms with van der Waals surface area (Å²) in [4.78, 5) is 43.0. The lowest BCUT2D eigenvalue weighted by Crippen LogP contribution is -2.57. The number of anilines is 1. The second-order valence-corrected chi connectivity index (χ2v) is 11.1. The van der Waals surface area contributed by atoms with Gasteiger partial charge in [0.25, 0.3) is 5.91 Å². The van der Waals surface area contributed by atoms with Crippen LogP contribution in [0, 0.1) is 11.7 Å². The van der Waals surface area contributed by atoms with Gasteiger partial charge in [-0.25, -0.2) is 9.18 Å². The van der Waals surface area contributed by atoms with Gasteiger partial charge in [-0.05, 0) is 60.5 Å². The Bertz CT molecular complexity index is 985. The van der Waals surface area contributed by atoms with Crippen molar-refractivity contribution in [2.45, 2.75) is 65.6 Å². The van der Waals surface area contributed by atoms with Crippen molar-refractivity contribution in [1.29, 1.82) is 0 Å². The van der Waals surface area contributed by atoms with E-state index in [0.717, 1.165) is 12.8 Å². The molecule has 0 bridgehead atoms. The van der Waals surface area contributed by atoms with Gasteiger partial charge in [-0.3, -0.25) is 9.59 Å². The first-order chi connectivity index (χ1) is 17.3. The molecule has 0 spiro atoms. The summed E-state index contributed by atoms with van der Waals surface area (Å²) >= 11 is 0. The lowest BCUT2D eigenvalue weighted by molar-refractivity contribution is -0.148. The minimum Gasteiger partial charge on any atom is -0.478 e. The molecule has 0 N–H and O–H groups in total. The zero-order valence-electron chi connectivity index (χ0n) is 22.8. The van der Waals surface area contributed by atoms with Crippen molar-refractivity contribution in [3.63, 3.8) is 0 Å². The highest BCUT2D eigenvalue weighted by molar-refractivity contribution is 5.85. The van der Waals surface area contributed by atoms with Gasteiger partial charge in [0.2, 0.25) is 0 Å². The van der Waals surface area contributed by atoms with Crippen molar-refractivity contribution in [3.05, 3.63) is 24.0 Å². The average Bonchev–Trinajstić information content (AvgIpc) is 2.82. The number of hydrogen-bond donors (Lipinski definition) is 0. The Hall–Kier alpha value is -3.04. The van der Waals surface area contributed by atoms with Crippen LogP contribution in [0.5, 0.6) is 5.75 Å². The molecule has 0 aromatic heterocycles. The summed E-state index contributed by atoms with van der Waals surface area (Å²) < 4.78 is 31.2. The van der Waals surface area contributed by atoms with Crippen LogP contribution in [-0.4, -0.2) is 84.8 Å². The number of nitrogens with zero attached hydrogens (tertiary/aromatic N) is 3. The highest BCUT2D eigenvalue weighted by atomic mass is 19.1. The van der Waals surface area contributed by atoms with Crippen molar-refractivity contribution in [2.24, 2.45) is 5.92 Å². The number of benzene rings is 1. The number of esters is 1. The van der Waals surface area contributed by atoms with Gasteiger partial charge in [0.05, 0.1) is 12.5 Å². The Kier molecular flexibility index (Phi) is 8.92. The molecule has 1 aromatic rings. The van der Waals surface area contributed by atoms with Crippen LogP contribution in [0.3, 0.4) is 0 Å². The third-order valence-corrected chi connectivity index (χ3v) is 6.37. The van der Waals surface area contributed by atoms with Gasteiger partial charge < -0.3 is 28.9 Å². The number of amides is 2. The predicted octanol–water partition coefficient (Wildman–Crippen LogP) is 3.84. The molecule has 2 aliphatic heterocycles. The number of carbonyl (C=O) groups is 3. The van der Waals surface area contributed by atoms with Gasteiger partial charge in [-0.2, -0.15) is 0 Å². The van der Waals surface area contributed by atoms with E-state index in [4.69, 9.17) is 14.2 Å². The molecule has 10 heteroatoms. The largest absolute Gasteiger partial charge is 0.478 e. The van der Waals surface area contributed by atoms with Crippen LogP contribution in [0.1, 0.15) is 54.4 Å². The number of rotatable bonds is 6. The molecule has 37 heavy (non-hydrogen) atoms. The van der Waals surface area contributed by atoms with Crippen LogP contribution in [0.4, 0.5) is 14.9 Å². The van der Waals surface area contributed by atoms with E-state index >= 15 is 0 Å². The van der Waals surface area contributed by atoms with E-state index in [1.807, 2.05) is 25.7 Å². The van der Waals surface area contributed by atoms with Crippen LogP contribution < -0.4 is 9.64 Å². The number of carbonyl (C=O) groups excluding carboxylic acids is 3. The molecule has 1 atom stereocenters. The van der Waals surface area contributed by atoms with Crippen molar-refractivity contribution >= 4 is 23.7 Å². The Morgan fingerprint density at radius 1 is 0.973 bits per heavy atom. The van der Waals surface area contributed by atoms with Crippen LogP contribution in [0.2, 0.25) is 0 Å². The quantitative estimate of drug-likeness (QED) is 0.526. The SMILES string of the molecule is CCOC(=O)[C@@H]1CCCN(c2cc(F)cc(OC(C)(C)C(=O)N3CCN(C(=O)OC(C)(C)C)CC3)c2)C1. The summed E-state index contributed by atoms with van der Waals surface area (Å²) in [5.74, 6) is -1.00. The lowest BCUT2D eigenvalue weighted by atomic mass is 9.97. The maximum absolute atomic E-state index is 14.6. The molecule has 0 aliphatic carbocycles. The maximum Gasteiger partial charge on any atom is 0.410 e. The predicted molar refractivity (Wildman–Crippen MR) is 137 cm³/mol. The summed E-state index contributed by atoms with van der Waals surface area (Å²) in [5, 5.41) is 0. The summed E-state index contributed by atoms with van der Waals surface area (Å²) in [6.07, 6.45) is 1.12. The molecule has 9 nitrogen and oxygen atoms in total. The van der Waals surface area contributed by atoms with E-state index in [-0.39, 0.29) is 23.5 Å². The molecule has 0 radical (unpaired) electrons. The fourth-order valence-corrected chi connectivity index (χ4v) is 4.59. The highest BCUT2D eigenvalue weighted by Crippen LogP contribution is 2.30. The first-order valence-corrected chi connectivity index (χ1v) is 13.0. The Balaban J connectivity index is 1.64. The fraction of sp³-hybridized carbons (Fsp3) is 0.667. The number of hydrogen-bond acceptors (Lipinski definition) is 7. The van der Waals surface area contributed by atoms with E-state index in [1.54, 1.807) is 36.6 Å². The lowest BCUT2D eigenvalue weighted by Gasteiger charge is -2.39.